The van der Waals surface area contributed by atoms with E-state index in [9.17, 15) is 0 Å². The van der Waals surface area contributed by atoms with Crippen LogP contribution in [0, 0.1) is 11.8 Å². The summed E-state index contributed by atoms with van der Waals surface area (Å²) in [6, 6.07) is 0.624. The average molecular weight is 242 g/mol. The second kappa shape index (κ2) is 8.06. The lowest BCUT2D eigenvalue weighted by Crippen LogP contribution is -2.50. The van der Waals surface area contributed by atoms with E-state index >= 15 is 0 Å². The monoisotopic (exact) mass is 242 g/mol. The maximum atomic E-state index is 9.11. The van der Waals surface area contributed by atoms with Gasteiger partial charge >= 0.3 is 0 Å². The van der Waals surface area contributed by atoms with Crippen molar-refractivity contribution in [3.05, 3.63) is 0 Å². The molecule has 102 valence electrons. The molecule has 1 rings (SSSR count). The largest absolute Gasteiger partial charge is 0.396 e. The summed E-state index contributed by atoms with van der Waals surface area (Å²) in [4.78, 5) is 2.57. The standard InChI is InChI=1S/C14H30N2O/c1-4-6-15-14-8-13(5-7-17)10-16(11-14)9-12(2)3/h12-15,17H,4-11H2,1-3H3. The van der Waals surface area contributed by atoms with Gasteiger partial charge in [0.1, 0.15) is 0 Å². The second-order valence-electron chi connectivity index (χ2n) is 5.88. The molecule has 1 aliphatic rings. The average Bonchev–Trinajstić information content (AvgIpc) is 2.25. The molecule has 3 nitrogen and oxygen atoms in total. The summed E-state index contributed by atoms with van der Waals surface area (Å²) in [7, 11) is 0. The zero-order valence-electron chi connectivity index (χ0n) is 11.8. The third kappa shape index (κ3) is 5.84. The van der Waals surface area contributed by atoms with Gasteiger partial charge in [0.05, 0.1) is 0 Å². The molecule has 1 heterocycles. The van der Waals surface area contributed by atoms with Gasteiger partial charge in [-0.25, -0.2) is 0 Å². The summed E-state index contributed by atoms with van der Waals surface area (Å²) >= 11 is 0. The second-order valence-corrected chi connectivity index (χ2v) is 5.88. The molecule has 0 aromatic carbocycles. The Hall–Kier alpha value is -0.120. The Morgan fingerprint density at radius 2 is 2.12 bits per heavy atom. The van der Waals surface area contributed by atoms with Crippen molar-refractivity contribution >= 4 is 0 Å². The molecule has 0 aliphatic carbocycles. The third-order valence-corrected chi connectivity index (χ3v) is 3.46. The van der Waals surface area contributed by atoms with Crippen molar-refractivity contribution in [2.24, 2.45) is 11.8 Å². The van der Waals surface area contributed by atoms with Gasteiger partial charge in [-0.2, -0.15) is 0 Å². The van der Waals surface area contributed by atoms with Crippen LogP contribution in [0.3, 0.4) is 0 Å². The molecule has 1 fully saturated rings. The van der Waals surface area contributed by atoms with Crippen molar-refractivity contribution in [2.45, 2.75) is 46.1 Å². The Morgan fingerprint density at radius 1 is 1.35 bits per heavy atom. The fraction of sp³-hybridized carbons (Fsp3) is 1.00. The minimum absolute atomic E-state index is 0.334. The van der Waals surface area contributed by atoms with Gasteiger partial charge < -0.3 is 15.3 Å². The maximum Gasteiger partial charge on any atom is 0.0434 e. The van der Waals surface area contributed by atoms with Crippen molar-refractivity contribution in [3.63, 3.8) is 0 Å². The van der Waals surface area contributed by atoms with Gasteiger partial charge in [0.15, 0.2) is 0 Å². The topological polar surface area (TPSA) is 35.5 Å². The lowest BCUT2D eigenvalue weighted by molar-refractivity contribution is 0.111. The molecule has 0 radical (unpaired) electrons. The third-order valence-electron chi connectivity index (χ3n) is 3.46. The zero-order chi connectivity index (χ0) is 12.7. The van der Waals surface area contributed by atoms with Gasteiger partial charge in [-0.3, -0.25) is 0 Å². The Bertz CT molecular complexity index is 197. The summed E-state index contributed by atoms with van der Waals surface area (Å²) in [5.74, 6) is 1.40. The summed E-state index contributed by atoms with van der Waals surface area (Å²) in [5, 5.41) is 12.7. The van der Waals surface area contributed by atoms with Crippen LogP contribution in [0.5, 0.6) is 0 Å². The van der Waals surface area contributed by atoms with Crippen molar-refractivity contribution in [1.82, 2.24) is 10.2 Å². The van der Waals surface area contributed by atoms with Crippen LogP contribution in [0.2, 0.25) is 0 Å². The first-order valence-corrected chi connectivity index (χ1v) is 7.22. The minimum atomic E-state index is 0.334. The van der Waals surface area contributed by atoms with E-state index in [1.165, 1.54) is 32.5 Å². The molecular formula is C14H30N2O. The highest BCUT2D eigenvalue weighted by molar-refractivity contribution is 4.83. The Labute approximate surface area is 107 Å². The predicted octanol–water partition coefficient (Wildman–Crippen LogP) is 1.71. The van der Waals surface area contributed by atoms with Crippen LogP contribution >= 0.6 is 0 Å². The minimum Gasteiger partial charge on any atom is -0.396 e. The molecule has 2 N–H and O–H groups in total. The number of hydrogen-bond donors (Lipinski definition) is 2. The molecular weight excluding hydrogens is 212 g/mol. The van der Waals surface area contributed by atoms with Crippen LogP contribution in [0.4, 0.5) is 0 Å². The van der Waals surface area contributed by atoms with Crippen LogP contribution < -0.4 is 5.32 Å². The lowest BCUT2D eigenvalue weighted by atomic mass is 9.91. The Kier molecular flexibility index (Phi) is 7.09. The summed E-state index contributed by atoms with van der Waals surface area (Å²) < 4.78 is 0. The number of aliphatic hydroxyl groups is 1. The first kappa shape index (κ1) is 14.9. The first-order valence-electron chi connectivity index (χ1n) is 7.22. The van der Waals surface area contributed by atoms with Gasteiger partial charge in [0.25, 0.3) is 0 Å². The summed E-state index contributed by atoms with van der Waals surface area (Å²) in [6.07, 6.45) is 3.39. The molecule has 0 aromatic rings. The van der Waals surface area contributed by atoms with Crippen LogP contribution in [-0.2, 0) is 0 Å². The molecule has 2 atom stereocenters. The van der Waals surface area contributed by atoms with E-state index in [-0.39, 0.29) is 0 Å². The van der Waals surface area contributed by atoms with Crippen LogP contribution in [0.1, 0.15) is 40.0 Å². The summed E-state index contributed by atoms with van der Waals surface area (Å²) in [5.41, 5.74) is 0. The summed E-state index contributed by atoms with van der Waals surface area (Å²) in [6.45, 7) is 11.8. The van der Waals surface area contributed by atoms with E-state index in [0.29, 0.717) is 18.6 Å². The van der Waals surface area contributed by atoms with E-state index in [1.807, 2.05) is 0 Å². The number of aliphatic hydroxyl groups excluding tert-OH is 1. The number of hydrogen-bond acceptors (Lipinski definition) is 3. The van der Waals surface area contributed by atoms with Gasteiger partial charge in [-0.05, 0) is 37.6 Å². The number of nitrogens with zero attached hydrogens (tertiary/aromatic N) is 1. The number of piperidine rings is 1. The van der Waals surface area contributed by atoms with Gasteiger partial charge in [0.2, 0.25) is 0 Å². The van der Waals surface area contributed by atoms with Crippen LogP contribution in [0.25, 0.3) is 0 Å². The SMILES string of the molecule is CCCNC1CC(CCO)CN(CC(C)C)C1. The Morgan fingerprint density at radius 3 is 2.71 bits per heavy atom. The van der Waals surface area contributed by atoms with Gasteiger partial charge in [0, 0.05) is 32.3 Å². The molecule has 1 aliphatic heterocycles. The van der Waals surface area contributed by atoms with E-state index in [1.54, 1.807) is 0 Å². The molecule has 0 aromatic heterocycles. The fourth-order valence-corrected chi connectivity index (χ4v) is 2.86. The smallest absolute Gasteiger partial charge is 0.0434 e. The Balaban J connectivity index is 2.43. The molecule has 0 saturated carbocycles. The molecule has 2 unspecified atom stereocenters. The van der Waals surface area contributed by atoms with E-state index in [2.05, 4.69) is 31.0 Å². The number of nitrogens with one attached hydrogen (secondary N) is 1. The van der Waals surface area contributed by atoms with Crippen molar-refractivity contribution < 1.29 is 5.11 Å². The van der Waals surface area contributed by atoms with Gasteiger partial charge in [-0.15, -0.1) is 0 Å². The highest BCUT2D eigenvalue weighted by atomic mass is 16.3. The lowest BCUT2D eigenvalue weighted by Gasteiger charge is -2.39. The normalized spacial score (nSPS) is 26.6. The fourth-order valence-electron chi connectivity index (χ4n) is 2.86. The molecule has 17 heavy (non-hydrogen) atoms. The molecule has 0 bridgehead atoms. The predicted molar refractivity (Wildman–Crippen MR) is 73.2 cm³/mol. The van der Waals surface area contributed by atoms with Crippen molar-refractivity contribution in [2.75, 3.05) is 32.8 Å². The highest BCUT2D eigenvalue weighted by Gasteiger charge is 2.26. The van der Waals surface area contributed by atoms with Crippen LogP contribution in [-0.4, -0.2) is 48.8 Å². The zero-order valence-corrected chi connectivity index (χ0v) is 11.8. The van der Waals surface area contributed by atoms with Gasteiger partial charge in [-0.1, -0.05) is 20.8 Å². The molecule has 0 spiro atoms. The number of rotatable bonds is 7. The molecule has 1 saturated heterocycles. The van der Waals surface area contributed by atoms with Crippen molar-refractivity contribution in [3.8, 4) is 0 Å². The molecule has 0 amide bonds. The molecule has 3 heteroatoms. The van der Waals surface area contributed by atoms with Crippen molar-refractivity contribution in [1.29, 1.82) is 0 Å². The number of likely N-dealkylation sites (tertiary alicyclic amines) is 1. The van der Waals surface area contributed by atoms with E-state index < -0.39 is 0 Å². The first-order chi connectivity index (χ1) is 8.15. The quantitative estimate of drug-likeness (QED) is 0.713. The maximum absolute atomic E-state index is 9.11. The highest BCUT2D eigenvalue weighted by Crippen LogP contribution is 2.20. The van der Waals surface area contributed by atoms with E-state index in [0.717, 1.165) is 18.9 Å². The van der Waals surface area contributed by atoms with E-state index in [4.69, 9.17) is 5.11 Å². The van der Waals surface area contributed by atoms with Crippen LogP contribution in [0.15, 0.2) is 0 Å².